The topological polar surface area (TPSA) is 58.6 Å². The van der Waals surface area contributed by atoms with Crippen molar-refractivity contribution in [1.82, 2.24) is 5.32 Å². The molecule has 0 aromatic carbocycles. The number of allylic oxidation sites excluding steroid dienone is 2. The van der Waals surface area contributed by atoms with E-state index in [1.807, 2.05) is 0 Å². The van der Waals surface area contributed by atoms with Gasteiger partial charge in [-0.25, -0.2) is 0 Å². The van der Waals surface area contributed by atoms with Crippen molar-refractivity contribution in [3.05, 3.63) is 22.8 Å². The van der Waals surface area contributed by atoms with Gasteiger partial charge in [-0.05, 0) is 87.2 Å². The average Bonchev–Trinajstić information content (AvgIpc) is 3.18. The van der Waals surface area contributed by atoms with Crippen LogP contribution in [0.4, 0.5) is 0 Å². The highest BCUT2D eigenvalue weighted by Gasteiger charge is 2.63. The molecule has 6 rings (SSSR count). The number of piperidine rings is 1. The molecule has 10 atom stereocenters. The van der Waals surface area contributed by atoms with Crippen LogP contribution in [0, 0.1) is 35.0 Å². The predicted molar refractivity (Wildman–Crippen MR) is 120 cm³/mol. The molecule has 0 amide bonds. The zero-order valence-electron chi connectivity index (χ0n) is 19.6. The van der Waals surface area contributed by atoms with Crippen LogP contribution < -0.4 is 5.32 Å². The van der Waals surface area contributed by atoms with Crippen LogP contribution in [-0.2, 0) is 9.53 Å². The Balaban J connectivity index is 1.39. The van der Waals surface area contributed by atoms with Crippen LogP contribution in [0.3, 0.4) is 0 Å². The summed E-state index contributed by atoms with van der Waals surface area (Å²) in [5.41, 5.74) is 3.43. The molecule has 0 unspecified atom stereocenters. The molecule has 4 nitrogen and oxygen atoms in total. The molecule has 2 saturated heterocycles. The first kappa shape index (κ1) is 20.6. The largest absolute Gasteiger partial charge is 0.393 e. The summed E-state index contributed by atoms with van der Waals surface area (Å²) in [7, 11) is 0. The van der Waals surface area contributed by atoms with Gasteiger partial charge in [-0.1, -0.05) is 32.4 Å². The second-order valence-corrected chi connectivity index (χ2v) is 12.1. The number of fused-ring (bicyclic) bond motifs is 6. The minimum atomic E-state index is -0.263. The third-order valence-corrected chi connectivity index (χ3v) is 10.6. The molecule has 0 radical (unpaired) electrons. The maximum atomic E-state index is 14.1. The van der Waals surface area contributed by atoms with Gasteiger partial charge in [-0.15, -0.1) is 0 Å². The molecule has 4 aliphatic carbocycles. The molecule has 2 N–H and O–H groups in total. The van der Waals surface area contributed by atoms with Crippen molar-refractivity contribution in [2.45, 2.75) is 96.5 Å². The monoisotopic (exact) mass is 425 g/mol. The van der Waals surface area contributed by atoms with E-state index in [1.54, 1.807) is 0 Å². The van der Waals surface area contributed by atoms with Crippen molar-refractivity contribution in [3.8, 4) is 0 Å². The molecule has 1 spiro atoms. The fourth-order valence-corrected chi connectivity index (χ4v) is 8.93. The third-order valence-electron chi connectivity index (χ3n) is 10.6. The first-order valence-electron chi connectivity index (χ1n) is 12.8. The number of carbonyl (C=O) groups excluding carboxylic acids is 1. The van der Waals surface area contributed by atoms with E-state index in [0.29, 0.717) is 35.5 Å². The fourth-order valence-electron chi connectivity index (χ4n) is 8.93. The van der Waals surface area contributed by atoms with Gasteiger partial charge in [0, 0.05) is 23.5 Å². The van der Waals surface area contributed by atoms with Gasteiger partial charge in [0.15, 0.2) is 5.78 Å². The number of hydrogen-bond donors (Lipinski definition) is 2. The molecular formula is C27H39NO3. The summed E-state index contributed by atoms with van der Waals surface area (Å²) in [5.74, 6) is 2.41. The molecular weight excluding hydrogens is 386 g/mol. The molecule has 2 heterocycles. The first-order chi connectivity index (χ1) is 14.8. The van der Waals surface area contributed by atoms with E-state index in [1.165, 1.54) is 11.1 Å². The normalized spacial score (nSPS) is 53.7. The number of hydrogen-bond acceptors (Lipinski definition) is 4. The standard InChI is InChI=1S/C27H39NO3/c1-14-11-21-24(28-13-14)16(3)27(31-21)10-8-19-20-6-5-17-12-18(29)7-9-26(17,4)23(20)25(30)22(19)15(27)2/h5,14,16,18-21,23-24,28-29H,6-13H2,1-4H3/t14-,16-,18-,19-,20-,21+,23+,24-,26-,27-/m0/s1. The van der Waals surface area contributed by atoms with Gasteiger partial charge in [0.2, 0.25) is 0 Å². The van der Waals surface area contributed by atoms with Crippen molar-refractivity contribution >= 4 is 5.78 Å². The van der Waals surface area contributed by atoms with E-state index in [4.69, 9.17) is 4.74 Å². The molecule has 4 heteroatoms. The number of ether oxygens (including phenoxy) is 1. The van der Waals surface area contributed by atoms with Crippen LogP contribution in [0.5, 0.6) is 0 Å². The Bertz CT molecular complexity index is 876. The number of carbonyl (C=O) groups is 1. The highest BCUT2D eigenvalue weighted by molar-refractivity contribution is 6.02. The van der Waals surface area contributed by atoms with Crippen LogP contribution in [0.1, 0.15) is 72.6 Å². The number of nitrogens with one attached hydrogen (secondary N) is 1. The summed E-state index contributed by atoms with van der Waals surface area (Å²) in [6.07, 6.45) is 9.23. The molecule has 31 heavy (non-hydrogen) atoms. The Labute approximate surface area is 186 Å². The van der Waals surface area contributed by atoms with Crippen molar-refractivity contribution in [3.63, 3.8) is 0 Å². The molecule has 0 bridgehead atoms. The lowest BCUT2D eigenvalue weighted by Crippen LogP contribution is -2.49. The van der Waals surface area contributed by atoms with E-state index in [2.05, 4.69) is 39.1 Å². The number of aliphatic hydroxyl groups is 1. The second kappa shape index (κ2) is 6.77. The predicted octanol–water partition coefficient (Wildman–Crippen LogP) is 4.18. The second-order valence-electron chi connectivity index (χ2n) is 12.1. The minimum absolute atomic E-state index is 0.0653. The minimum Gasteiger partial charge on any atom is -0.393 e. The maximum absolute atomic E-state index is 14.1. The summed E-state index contributed by atoms with van der Waals surface area (Å²) < 4.78 is 6.93. The van der Waals surface area contributed by atoms with Gasteiger partial charge in [0.1, 0.15) is 0 Å². The molecule has 6 aliphatic rings. The van der Waals surface area contributed by atoms with E-state index in [0.717, 1.165) is 57.1 Å². The summed E-state index contributed by atoms with van der Waals surface area (Å²) in [6.45, 7) is 10.3. The van der Waals surface area contributed by atoms with Gasteiger partial charge in [0.25, 0.3) is 0 Å². The van der Waals surface area contributed by atoms with Gasteiger partial charge in [-0.2, -0.15) is 0 Å². The van der Waals surface area contributed by atoms with Gasteiger partial charge in [0.05, 0.1) is 17.8 Å². The van der Waals surface area contributed by atoms with Crippen LogP contribution in [0.15, 0.2) is 22.8 Å². The van der Waals surface area contributed by atoms with E-state index in [9.17, 15) is 9.90 Å². The van der Waals surface area contributed by atoms with E-state index >= 15 is 0 Å². The molecule has 170 valence electrons. The zero-order valence-corrected chi connectivity index (χ0v) is 19.6. The van der Waals surface area contributed by atoms with Crippen LogP contribution >= 0.6 is 0 Å². The fraction of sp³-hybridized carbons (Fsp3) is 0.815. The average molecular weight is 426 g/mol. The Kier molecular flexibility index (Phi) is 4.51. The lowest BCUT2D eigenvalue weighted by atomic mass is 9.56. The van der Waals surface area contributed by atoms with Crippen LogP contribution in [-0.4, -0.2) is 41.3 Å². The summed E-state index contributed by atoms with van der Waals surface area (Å²) >= 11 is 0. The number of ketones is 1. The third kappa shape index (κ3) is 2.62. The molecule has 2 saturated carbocycles. The smallest absolute Gasteiger partial charge is 0.163 e. The van der Waals surface area contributed by atoms with Crippen molar-refractivity contribution in [2.75, 3.05) is 6.54 Å². The Morgan fingerprint density at radius 3 is 2.84 bits per heavy atom. The highest BCUT2D eigenvalue weighted by Crippen LogP contribution is 2.63. The van der Waals surface area contributed by atoms with Crippen LogP contribution in [0.25, 0.3) is 0 Å². The van der Waals surface area contributed by atoms with E-state index in [-0.39, 0.29) is 29.1 Å². The highest BCUT2D eigenvalue weighted by atomic mass is 16.5. The number of rotatable bonds is 0. The van der Waals surface area contributed by atoms with Crippen molar-refractivity contribution in [2.24, 2.45) is 35.0 Å². The lowest BCUT2D eigenvalue weighted by Gasteiger charge is -2.48. The zero-order chi connectivity index (χ0) is 21.7. The molecule has 0 aromatic heterocycles. The molecule has 2 aliphatic heterocycles. The molecule has 0 aromatic rings. The Morgan fingerprint density at radius 1 is 1.23 bits per heavy atom. The van der Waals surface area contributed by atoms with Crippen molar-refractivity contribution < 1.29 is 14.6 Å². The Hall–Kier alpha value is -0.970. The van der Waals surface area contributed by atoms with Gasteiger partial charge < -0.3 is 15.2 Å². The summed E-state index contributed by atoms with van der Waals surface area (Å²) in [6, 6.07) is 0.410. The number of Topliss-reactive ketones (excluding diaryl/α,β-unsaturated/α-hetero) is 1. The molecule has 4 fully saturated rings. The van der Waals surface area contributed by atoms with Crippen LogP contribution in [0.2, 0.25) is 0 Å². The van der Waals surface area contributed by atoms with Gasteiger partial charge in [-0.3, -0.25) is 4.79 Å². The SMILES string of the molecule is CC1=C2C(=O)[C@H]3[C@@H](CC=C4C[C@@H](O)CC[C@@]43C)[C@@H]2CC[C@]12O[C@@H]1C[C@H](C)CN[C@H]1[C@@H]2C. The van der Waals surface area contributed by atoms with Crippen molar-refractivity contribution in [1.29, 1.82) is 0 Å². The lowest BCUT2D eigenvalue weighted by molar-refractivity contribution is -0.123. The summed E-state index contributed by atoms with van der Waals surface area (Å²) in [5, 5.41) is 14.0. The Morgan fingerprint density at radius 2 is 2.03 bits per heavy atom. The van der Waals surface area contributed by atoms with E-state index < -0.39 is 0 Å². The number of aliphatic hydroxyl groups excluding tert-OH is 1. The first-order valence-corrected chi connectivity index (χ1v) is 12.8. The maximum Gasteiger partial charge on any atom is 0.163 e. The summed E-state index contributed by atoms with van der Waals surface area (Å²) in [4.78, 5) is 14.1. The quantitative estimate of drug-likeness (QED) is 0.572. The van der Waals surface area contributed by atoms with Gasteiger partial charge >= 0.3 is 0 Å².